The number of nitrogens with zero attached hydrogens (tertiary/aromatic N) is 1. The van der Waals surface area contributed by atoms with Crippen molar-refractivity contribution in [1.82, 2.24) is 10.2 Å². The fraction of sp³-hybridized carbons (Fsp3) is 0.321. The summed E-state index contributed by atoms with van der Waals surface area (Å²) in [7, 11) is 0. The van der Waals surface area contributed by atoms with E-state index in [0.717, 1.165) is 74.0 Å². The van der Waals surface area contributed by atoms with E-state index >= 15 is 0 Å². The second kappa shape index (κ2) is 9.25. The first-order chi connectivity index (χ1) is 15.7. The number of carbonyl (C=O) groups is 1. The van der Waals surface area contributed by atoms with Crippen molar-refractivity contribution in [2.24, 2.45) is 0 Å². The van der Waals surface area contributed by atoms with Crippen molar-refractivity contribution in [3.05, 3.63) is 100 Å². The number of benzene rings is 2. The molecule has 0 saturated carbocycles. The molecule has 2 aliphatic carbocycles. The normalized spacial score (nSPS) is 20.4. The molecular weight excluding hydrogens is 399 g/mol. The van der Waals surface area contributed by atoms with Crippen LogP contribution in [-0.2, 0) is 17.6 Å². The van der Waals surface area contributed by atoms with Gasteiger partial charge < -0.3 is 10.2 Å². The number of halogens is 1. The summed E-state index contributed by atoms with van der Waals surface area (Å²) in [4.78, 5) is 15.9. The van der Waals surface area contributed by atoms with Gasteiger partial charge in [0.1, 0.15) is 5.82 Å². The van der Waals surface area contributed by atoms with E-state index in [2.05, 4.69) is 46.6 Å². The third kappa shape index (κ3) is 4.46. The minimum Gasteiger partial charge on any atom is -0.348 e. The van der Waals surface area contributed by atoms with Crippen molar-refractivity contribution in [3.63, 3.8) is 0 Å². The molecule has 164 valence electrons. The molecule has 0 radical (unpaired) electrons. The van der Waals surface area contributed by atoms with Gasteiger partial charge in [-0.05, 0) is 72.1 Å². The van der Waals surface area contributed by atoms with E-state index in [0.29, 0.717) is 0 Å². The Hall–Kier alpha value is -2.98. The highest BCUT2D eigenvalue weighted by atomic mass is 19.1. The molecule has 3 nitrogen and oxygen atoms in total. The summed E-state index contributed by atoms with van der Waals surface area (Å²) in [5, 5.41) is 3.34. The molecule has 32 heavy (non-hydrogen) atoms. The molecule has 0 spiro atoms. The summed E-state index contributed by atoms with van der Waals surface area (Å²) in [5.41, 5.74) is 6.67. The van der Waals surface area contributed by atoms with Crippen LogP contribution in [0.25, 0.3) is 5.57 Å². The van der Waals surface area contributed by atoms with Gasteiger partial charge in [-0.25, -0.2) is 4.39 Å². The van der Waals surface area contributed by atoms with Crippen LogP contribution in [-0.4, -0.2) is 36.5 Å². The van der Waals surface area contributed by atoms with Crippen LogP contribution < -0.4 is 5.32 Å². The largest absolute Gasteiger partial charge is 0.348 e. The second-order valence-corrected chi connectivity index (χ2v) is 8.95. The van der Waals surface area contributed by atoms with Gasteiger partial charge in [0.2, 0.25) is 0 Å². The van der Waals surface area contributed by atoms with Crippen LogP contribution in [0.15, 0.2) is 77.9 Å². The maximum Gasteiger partial charge on any atom is 0.252 e. The lowest BCUT2D eigenvalue weighted by Gasteiger charge is -2.20. The molecule has 1 amide bonds. The zero-order valence-electron chi connectivity index (χ0n) is 18.3. The van der Waals surface area contributed by atoms with Crippen molar-refractivity contribution in [3.8, 4) is 0 Å². The van der Waals surface area contributed by atoms with E-state index in [-0.39, 0.29) is 17.8 Å². The van der Waals surface area contributed by atoms with Crippen molar-refractivity contribution in [2.75, 3.05) is 19.6 Å². The SMILES string of the molecule is O=C(N[C@H]1CCN(CCc2ccc(F)cc2)C1)C1=C2C=CCC=C2CCc2ccccc21. The van der Waals surface area contributed by atoms with Crippen LogP contribution in [0, 0.1) is 5.82 Å². The molecule has 1 heterocycles. The monoisotopic (exact) mass is 428 g/mol. The van der Waals surface area contributed by atoms with E-state index in [1.165, 1.54) is 23.3 Å². The molecule has 1 atom stereocenters. The predicted molar refractivity (Wildman–Crippen MR) is 127 cm³/mol. The van der Waals surface area contributed by atoms with Gasteiger partial charge in [-0.15, -0.1) is 0 Å². The number of carbonyl (C=O) groups excluding carboxylic acids is 1. The first-order valence-corrected chi connectivity index (χ1v) is 11.6. The molecule has 0 unspecified atom stereocenters. The van der Waals surface area contributed by atoms with Gasteiger partial charge in [0.25, 0.3) is 5.91 Å². The molecule has 0 bridgehead atoms. The minimum absolute atomic E-state index is 0.0391. The number of nitrogens with one attached hydrogen (secondary N) is 1. The van der Waals surface area contributed by atoms with E-state index in [4.69, 9.17) is 0 Å². The van der Waals surface area contributed by atoms with Crippen LogP contribution >= 0.6 is 0 Å². The summed E-state index contributed by atoms with van der Waals surface area (Å²) >= 11 is 0. The first kappa shape index (κ1) is 20.9. The van der Waals surface area contributed by atoms with Gasteiger partial charge in [0.05, 0.1) is 5.57 Å². The van der Waals surface area contributed by atoms with E-state index < -0.39 is 0 Å². The molecule has 2 aromatic rings. The highest BCUT2D eigenvalue weighted by Gasteiger charge is 2.29. The fourth-order valence-corrected chi connectivity index (χ4v) is 5.08. The molecule has 3 aliphatic rings. The zero-order chi connectivity index (χ0) is 21.9. The van der Waals surface area contributed by atoms with Crippen molar-refractivity contribution >= 4 is 11.5 Å². The number of fused-ring (bicyclic) bond motifs is 2. The lowest BCUT2D eigenvalue weighted by molar-refractivity contribution is -0.116. The second-order valence-electron chi connectivity index (χ2n) is 8.95. The molecule has 4 heteroatoms. The third-order valence-electron chi connectivity index (χ3n) is 6.82. The minimum atomic E-state index is -0.195. The Balaban J connectivity index is 1.28. The average molecular weight is 429 g/mol. The summed E-state index contributed by atoms with van der Waals surface area (Å²) in [6.45, 7) is 2.75. The Morgan fingerprint density at radius 3 is 2.81 bits per heavy atom. The molecule has 0 aromatic heterocycles. The van der Waals surface area contributed by atoms with Crippen LogP contribution in [0.2, 0.25) is 0 Å². The lowest BCUT2D eigenvalue weighted by Crippen LogP contribution is -2.38. The molecule has 2 aromatic carbocycles. The molecule has 1 aliphatic heterocycles. The lowest BCUT2D eigenvalue weighted by atomic mass is 9.91. The number of rotatable bonds is 5. The zero-order valence-corrected chi connectivity index (χ0v) is 18.3. The Morgan fingerprint density at radius 2 is 1.94 bits per heavy atom. The van der Waals surface area contributed by atoms with E-state index in [1.54, 1.807) is 0 Å². The maximum absolute atomic E-state index is 13.6. The maximum atomic E-state index is 13.6. The number of amides is 1. The molecular formula is C28H29FN2O. The molecule has 1 saturated heterocycles. The summed E-state index contributed by atoms with van der Waals surface area (Å²) < 4.78 is 13.1. The fourth-order valence-electron chi connectivity index (χ4n) is 5.08. The van der Waals surface area contributed by atoms with E-state index in [9.17, 15) is 9.18 Å². The Morgan fingerprint density at radius 1 is 1.09 bits per heavy atom. The highest BCUT2D eigenvalue weighted by molar-refractivity contribution is 6.22. The van der Waals surface area contributed by atoms with E-state index in [1.807, 2.05) is 18.2 Å². The Labute approximate surface area is 189 Å². The number of aryl methyl sites for hydroxylation is 1. The van der Waals surface area contributed by atoms with Gasteiger partial charge in [0, 0.05) is 25.7 Å². The van der Waals surface area contributed by atoms with Gasteiger partial charge >= 0.3 is 0 Å². The van der Waals surface area contributed by atoms with Crippen molar-refractivity contribution < 1.29 is 9.18 Å². The predicted octanol–water partition coefficient (Wildman–Crippen LogP) is 4.85. The highest BCUT2D eigenvalue weighted by Crippen LogP contribution is 2.36. The Kier molecular flexibility index (Phi) is 6.04. The first-order valence-electron chi connectivity index (χ1n) is 11.6. The third-order valence-corrected chi connectivity index (χ3v) is 6.82. The topological polar surface area (TPSA) is 32.3 Å². The molecule has 1 N–H and O–H groups in total. The van der Waals surface area contributed by atoms with Gasteiger partial charge in [-0.3, -0.25) is 4.79 Å². The number of hydrogen-bond acceptors (Lipinski definition) is 2. The summed E-state index contributed by atoms with van der Waals surface area (Å²) in [5.74, 6) is -0.156. The Bertz CT molecular complexity index is 1100. The summed E-state index contributed by atoms with van der Waals surface area (Å²) in [6.07, 6.45) is 11.3. The van der Waals surface area contributed by atoms with Gasteiger partial charge in [-0.2, -0.15) is 0 Å². The standard InChI is InChI=1S/C28H29FN2O/c29-23-13-9-20(10-14-23)15-17-31-18-16-24(19-31)30-28(32)27-25-7-3-1-5-21(25)11-12-22-6-2-4-8-26(22)27/h1,3-10,13-14,24H,2,11-12,15-19H2,(H,30,32)/t24-/m0/s1. The molecule has 1 fully saturated rings. The van der Waals surface area contributed by atoms with Crippen LogP contribution in [0.3, 0.4) is 0 Å². The van der Waals surface area contributed by atoms with Gasteiger partial charge in [0.15, 0.2) is 0 Å². The van der Waals surface area contributed by atoms with Crippen LogP contribution in [0.1, 0.15) is 36.0 Å². The quantitative estimate of drug-likeness (QED) is 0.739. The van der Waals surface area contributed by atoms with Crippen LogP contribution in [0.5, 0.6) is 0 Å². The smallest absolute Gasteiger partial charge is 0.252 e. The number of likely N-dealkylation sites (tertiary alicyclic amines) is 1. The van der Waals surface area contributed by atoms with Crippen molar-refractivity contribution in [2.45, 2.75) is 38.1 Å². The van der Waals surface area contributed by atoms with Gasteiger partial charge in [-0.1, -0.05) is 54.6 Å². The average Bonchev–Trinajstić information content (AvgIpc) is 3.18. The van der Waals surface area contributed by atoms with Crippen LogP contribution in [0.4, 0.5) is 4.39 Å². The van der Waals surface area contributed by atoms with Crippen molar-refractivity contribution in [1.29, 1.82) is 0 Å². The number of hydrogen-bond donors (Lipinski definition) is 1. The summed E-state index contributed by atoms with van der Waals surface area (Å²) in [6, 6.07) is 15.2. The number of allylic oxidation sites excluding steroid dienone is 5. The molecule has 5 rings (SSSR count).